The van der Waals surface area contributed by atoms with Crippen LogP contribution >= 0.6 is 7.14 Å². The largest absolute Gasteiger partial charge is 0.421 e. The first-order valence-electron chi connectivity index (χ1n) is 12.6. The van der Waals surface area contributed by atoms with Gasteiger partial charge in [-0.05, 0) is 44.5 Å². The van der Waals surface area contributed by atoms with Gasteiger partial charge < -0.3 is 25.0 Å². The molecule has 7 nitrogen and oxygen atoms in total. The summed E-state index contributed by atoms with van der Waals surface area (Å²) in [6.45, 7) is 9.99. The molecule has 1 aliphatic heterocycles. The molecule has 37 heavy (non-hydrogen) atoms. The molecule has 1 saturated heterocycles. The summed E-state index contributed by atoms with van der Waals surface area (Å²) >= 11 is 0. The summed E-state index contributed by atoms with van der Waals surface area (Å²) in [5, 5.41) is 5.78. The van der Waals surface area contributed by atoms with Crippen LogP contribution < -0.4 is 15.5 Å². The van der Waals surface area contributed by atoms with Crippen LogP contribution in [0, 0.1) is 0 Å². The third kappa shape index (κ3) is 8.75. The number of rotatable bonds is 11. The minimum absolute atomic E-state index is 0.0207. The Bertz CT molecular complexity index is 1080. The number of aromatic nitrogens is 2. The molecule has 2 aromatic rings. The van der Waals surface area contributed by atoms with Gasteiger partial charge >= 0.3 is 6.18 Å². The van der Waals surface area contributed by atoms with Crippen LogP contribution in [0.3, 0.4) is 0 Å². The maximum absolute atomic E-state index is 13.6. The minimum atomic E-state index is -4.58. The average molecular weight is 539 g/mol. The van der Waals surface area contributed by atoms with Crippen LogP contribution in [0.5, 0.6) is 0 Å². The van der Waals surface area contributed by atoms with Crippen molar-refractivity contribution >= 4 is 24.6 Å². The van der Waals surface area contributed by atoms with E-state index in [1.165, 1.54) is 0 Å². The lowest BCUT2D eigenvalue weighted by atomic mass is 10.1. The predicted molar refractivity (Wildman–Crippen MR) is 146 cm³/mol. The number of nitrogens with one attached hydrogen (secondary N) is 2. The molecule has 1 fully saturated rings. The molecule has 2 heterocycles. The second-order valence-electron chi connectivity index (χ2n) is 9.86. The van der Waals surface area contributed by atoms with Gasteiger partial charge in [-0.2, -0.15) is 18.2 Å². The molecule has 11 heteroatoms. The molecule has 1 unspecified atom stereocenters. The Morgan fingerprint density at radius 1 is 1.11 bits per heavy atom. The number of likely N-dealkylation sites (N-methyl/N-ethyl adjacent to an activating group) is 1. The smallest absolute Gasteiger partial charge is 0.369 e. The van der Waals surface area contributed by atoms with Crippen LogP contribution in [0.15, 0.2) is 42.6 Å². The van der Waals surface area contributed by atoms with Crippen molar-refractivity contribution in [2.75, 3.05) is 68.6 Å². The highest BCUT2D eigenvalue weighted by atomic mass is 31.2. The summed E-state index contributed by atoms with van der Waals surface area (Å²) in [4.78, 5) is 12.5. The maximum Gasteiger partial charge on any atom is 0.421 e. The third-order valence-corrected chi connectivity index (χ3v) is 8.51. The Balaban J connectivity index is 1.65. The molecule has 1 atom stereocenters. The Hall–Kier alpha value is -2.58. The van der Waals surface area contributed by atoms with Gasteiger partial charge in [0.1, 0.15) is 11.4 Å². The first-order valence-corrected chi connectivity index (χ1v) is 15.3. The first kappa shape index (κ1) is 29.0. The number of hydrogen-bond acceptors (Lipinski definition) is 7. The summed E-state index contributed by atoms with van der Waals surface area (Å²) in [7, 11) is -0.172. The van der Waals surface area contributed by atoms with Crippen LogP contribution in [-0.2, 0) is 17.3 Å². The van der Waals surface area contributed by atoms with Crippen LogP contribution in [0.25, 0.3) is 0 Å². The van der Waals surface area contributed by atoms with Gasteiger partial charge in [0.15, 0.2) is 0 Å². The van der Waals surface area contributed by atoms with Crippen molar-refractivity contribution in [1.82, 2.24) is 14.9 Å². The van der Waals surface area contributed by atoms with Gasteiger partial charge in [0, 0.05) is 56.8 Å². The highest BCUT2D eigenvalue weighted by Gasteiger charge is 2.35. The predicted octanol–water partition coefficient (Wildman–Crippen LogP) is 5.62. The number of benzene rings is 1. The molecule has 1 aromatic heterocycles. The monoisotopic (exact) mass is 538 g/mol. The molecule has 1 aliphatic rings. The zero-order chi connectivity index (χ0) is 27.1. The third-order valence-electron chi connectivity index (χ3n) is 6.48. The summed E-state index contributed by atoms with van der Waals surface area (Å²) in [5.74, 6) is -0.179. The van der Waals surface area contributed by atoms with Gasteiger partial charge in [-0.15, -0.1) is 0 Å². The summed E-state index contributed by atoms with van der Waals surface area (Å²) in [6.07, 6.45) is 1.70. The van der Waals surface area contributed by atoms with Crippen molar-refractivity contribution in [3.05, 3.63) is 53.7 Å². The molecular formula is C26H38F3N6OP. The van der Waals surface area contributed by atoms with E-state index in [-0.39, 0.29) is 24.0 Å². The van der Waals surface area contributed by atoms with E-state index in [1.54, 1.807) is 13.3 Å². The molecule has 0 aliphatic carbocycles. The molecular weight excluding hydrogens is 500 g/mol. The van der Waals surface area contributed by atoms with Crippen molar-refractivity contribution in [2.24, 2.45) is 0 Å². The van der Waals surface area contributed by atoms with Crippen molar-refractivity contribution < 1.29 is 17.7 Å². The molecule has 3 rings (SSSR count). The van der Waals surface area contributed by atoms with Gasteiger partial charge in [-0.1, -0.05) is 37.6 Å². The molecule has 0 bridgehead atoms. The maximum atomic E-state index is 13.6. The Kier molecular flexibility index (Phi) is 10.0. The fourth-order valence-corrected chi connectivity index (χ4v) is 5.59. The van der Waals surface area contributed by atoms with Gasteiger partial charge in [0.05, 0.1) is 7.14 Å². The highest BCUT2D eigenvalue weighted by molar-refractivity contribution is 7.63. The van der Waals surface area contributed by atoms with E-state index in [2.05, 4.69) is 37.4 Å². The molecule has 2 N–H and O–H groups in total. The molecule has 204 valence electrons. The zero-order valence-electron chi connectivity index (χ0n) is 22.1. The average Bonchev–Trinajstić information content (AvgIpc) is 2.84. The summed E-state index contributed by atoms with van der Waals surface area (Å²) in [5.41, 5.74) is 1.03. The van der Waals surface area contributed by atoms with E-state index >= 15 is 0 Å². The second-order valence-corrected chi connectivity index (χ2v) is 13.4. The van der Waals surface area contributed by atoms with Crippen LogP contribution in [0.1, 0.15) is 30.9 Å². The second kappa shape index (κ2) is 12.8. The minimum Gasteiger partial charge on any atom is -0.369 e. The highest BCUT2D eigenvalue weighted by Crippen LogP contribution is 2.45. The standard InChI is InChI=1S/C26H38F3N6OP/c1-5-7-22(37(3,4)36)8-6-13-30-25-32-19-23(26(27,28)29)24(33-25)31-18-20-9-11-21(12-10-20)35-16-14-34(2)15-17-35/h6,8-12,19,22H,5,7,13-18H2,1-4H3,(H2,30,31,32,33)/b8-6-. The van der Waals surface area contributed by atoms with Crippen molar-refractivity contribution in [1.29, 1.82) is 0 Å². The molecule has 1 aromatic carbocycles. The SMILES string of the molecule is CCCC(/C=C\CNc1ncc(C(F)(F)F)c(NCc2ccc(N3CCN(C)CC3)cc2)n1)P(C)(C)=O. The number of nitrogens with zero attached hydrogens (tertiary/aromatic N) is 4. The molecule has 0 spiro atoms. The van der Waals surface area contributed by atoms with Gasteiger partial charge in [0.25, 0.3) is 0 Å². The van der Waals surface area contributed by atoms with Crippen LogP contribution in [0.2, 0.25) is 0 Å². The van der Waals surface area contributed by atoms with Crippen molar-refractivity contribution in [3.63, 3.8) is 0 Å². The van der Waals surface area contributed by atoms with E-state index in [1.807, 2.05) is 43.3 Å². The number of piperazine rings is 1. The fourth-order valence-electron chi connectivity index (χ4n) is 4.17. The lowest BCUT2D eigenvalue weighted by Gasteiger charge is -2.34. The summed E-state index contributed by atoms with van der Waals surface area (Å²) < 4.78 is 53.2. The molecule has 0 amide bonds. The van der Waals surface area contributed by atoms with Crippen molar-refractivity contribution in [2.45, 2.75) is 38.1 Å². The van der Waals surface area contributed by atoms with E-state index < -0.39 is 18.9 Å². The lowest BCUT2D eigenvalue weighted by molar-refractivity contribution is -0.137. The van der Waals surface area contributed by atoms with Gasteiger partial charge in [-0.25, -0.2) is 4.98 Å². The number of hydrogen-bond donors (Lipinski definition) is 2. The number of allylic oxidation sites excluding steroid dienone is 1. The summed E-state index contributed by atoms with van der Waals surface area (Å²) in [6, 6.07) is 7.85. The van der Waals surface area contributed by atoms with E-state index in [9.17, 15) is 17.7 Å². The Morgan fingerprint density at radius 3 is 2.38 bits per heavy atom. The zero-order valence-corrected chi connectivity index (χ0v) is 22.9. The molecule has 0 radical (unpaired) electrons. The van der Waals surface area contributed by atoms with Crippen LogP contribution in [-0.4, -0.2) is 73.6 Å². The fraction of sp³-hybridized carbons (Fsp3) is 0.538. The Labute approximate surface area is 217 Å². The van der Waals surface area contributed by atoms with E-state index in [4.69, 9.17) is 0 Å². The molecule has 0 saturated carbocycles. The van der Waals surface area contributed by atoms with Crippen LogP contribution in [0.4, 0.5) is 30.6 Å². The number of alkyl halides is 3. The van der Waals surface area contributed by atoms with Crippen molar-refractivity contribution in [3.8, 4) is 0 Å². The Morgan fingerprint density at radius 2 is 1.78 bits per heavy atom. The number of halogens is 3. The van der Waals surface area contributed by atoms with E-state index in [0.717, 1.165) is 56.5 Å². The van der Waals surface area contributed by atoms with E-state index in [0.29, 0.717) is 6.54 Å². The number of anilines is 3. The van der Waals surface area contributed by atoms with Gasteiger partial charge in [0.2, 0.25) is 5.95 Å². The lowest BCUT2D eigenvalue weighted by Crippen LogP contribution is -2.44. The first-order chi connectivity index (χ1) is 17.5. The normalized spacial score (nSPS) is 16.2. The van der Waals surface area contributed by atoms with Gasteiger partial charge in [-0.3, -0.25) is 0 Å². The topological polar surface area (TPSA) is 73.4 Å². The quantitative estimate of drug-likeness (QED) is 0.284.